The van der Waals surface area contributed by atoms with E-state index >= 15 is 0 Å². The van der Waals surface area contributed by atoms with Crippen LogP contribution in [-0.4, -0.2) is 28.4 Å². The summed E-state index contributed by atoms with van der Waals surface area (Å²) in [6.07, 6.45) is 2.65. The van der Waals surface area contributed by atoms with Crippen molar-refractivity contribution >= 4 is 62.5 Å². The minimum Gasteiger partial charge on any atom is -0.452 e. The summed E-state index contributed by atoms with van der Waals surface area (Å²) in [6, 6.07) is 11.3. The Labute approximate surface area is 167 Å². The van der Waals surface area contributed by atoms with Gasteiger partial charge in [-0.1, -0.05) is 23.7 Å². The van der Waals surface area contributed by atoms with Crippen molar-refractivity contribution in [1.29, 1.82) is 0 Å². The third-order valence-electron chi connectivity index (χ3n) is 3.45. The Balaban J connectivity index is 1.56. The van der Waals surface area contributed by atoms with Gasteiger partial charge in [-0.15, -0.1) is 11.3 Å². The molecule has 28 heavy (non-hydrogen) atoms. The lowest BCUT2D eigenvalue weighted by Crippen LogP contribution is -2.20. The van der Waals surface area contributed by atoms with Gasteiger partial charge in [0, 0.05) is 17.2 Å². The molecule has 3 aromatic rings. The first kappa shape index (κ1) is 19.5. The van der Waals surface area contributed by atoms with E-state index in [4.69, 9.17) is 16.3 Å². The van der Waals surface area contributed by atoms with Gasteiger partial charge in [0.25, 0.3) is 11.6 Å². The number of carbonyl (C=O) groups excluding carboxylic acids is 2. The highest BCUT2D eigenvalue weighted by molar-refractivity contribution is 7.19. The zero-order chi connectivity index (χ0) is 20.1. The number of thiazole rings is 1. The average Bonchev–Trinajstić information content (AvgIpc) is 3.07. The molecule has 2 aromatic carbocycles. The van der Waals surface area contributed by atoms with Crippen molar-refractivity contribution in [1.82, 2.24) is 4.98 Å². The maximum absolute atomic E-state index is 11.9. The number of esters is 1. The van der Waals surface area contributed by atoms with Gasteiger partial charge in [-0.25, -0.2) is 9.78 Å². The third kappa shape index (κ3) is 4.90. The molecule has 0 spiro atoms. The van der Waals surface area contributed by atoms with Crippen molar-refractivity contribution < 1.29 is 19.2 Å². The molecule has 1 amide bonds. The highest BCUT2D eigenvalue weighted by atomic mass is 35.5. The number of hydrogen-bond acceptors (Lipinski definition) is 7. The van der Waals surface area contributed by atoms with Crippen LogP contribution >= 0.6 is 22.9 Å². The second-order valence-corrected chi connectivity index (χ2v) is 6.93. The predicted octanol–water partition coefficient (Wildman–Crippen LogP) is 4.05. The lowest BCUT2D eigenvalue weighted by Gasteiger charge is -2.06. The van der Waals surface area contributed by atoms with Crippen LogP contribution in [0.5, 0.6) is 0 Å². The summed E-state index contributed by atoms with van der Waals surface area (Å²) < 4.78 is 5.82. The standard InChI is InChI=1S/C18H12ClN3O5S/c19-11-5-6-14(22(25)26)13(9-11)20-16(23)10-27-18(24)8-7-17-21-12-3-1-2-4-15(12)28-17/h1-9H,10H2,(H,20,23)/b8-7+. The molecule has 1 aromatic heterocycles. The van der Waals surface area contributed by atoms with Crippen LogP contribution < -0.4 is 5.32 Å². The number of nitrogens with one attached hydrogen (secondary N) is 1. The molecule has 142 valence electrons. The topological polar surface area (TPSA) is 111 Å². The zero-order valence-electron chi connectivity index (χ0n) is 14.1. The molecule has 0 unspecified atom stereocenters. The fourth-order valence-corrected chi connectivity index (χ4v) is 3.28. The number of anilines is 1. The average molecular weight is 418 g/mol. The largest absolute Gasteiger partial charge is 0.452 e. The molecule has 0 aliphatic heterocycles. The lowest BCUT2D eigenvalue weighted by molar-refractivity contribution is -0.383. The van der Waals surface area contributed by atoms with E-state index in [1.54, 1.807) is 0 Å². The van der Waals surface area contributed by atoms with E-state index in [2.05, 4.69) is 10.3 Å². The van der Waals surface area contributed by atoms with Crippen LogP contribution in [0.3, 0.4) is 0 Å². The van der Waals surface area contributed by atoms with Gasteiger partial charge in [0.05, 0.1) is 15.1 Å². The van der Waals surface area contributed by atoms with E-state index in [-0.39, 0.29) is 16.4 Å². The van der Waals surface area contributed by atoms with Crippen molar-refractivity contribution in [2.24, 2.45) is 0 Å². The minimum atomic E-state index is -0.741. The zero-order valence-corrected chi connectivity index (χ0v) is 15.7. The van der Waals surface area contributed by atoms with Crippen LogP contribution in [0.25, 0.3) is 16.3 Å². The van der Waals surface area contributed by atoms with E-state index < -0.39 is 23.4 Å². The highest BCUT2D eigenvalue weighted by Crippen LogP contribution is 2.27. The number of hydrogen-bond donors (Lipinski definition) is 1. The van der Waals surface area contributed by atoms with Crippen LogP contribution in [0, 0.1) is 10.1 Å². The molecule has 0 bridgehead atoms. The smallest absolute Gasteiger partial charge is 0.331 e. The lowest BCUT2D eigenvalue weighted by atomic mass is 10.2. The molecule has 0 saturated carbocycles. The number of nitro benzene ring substituents is 1. The number of ether oxygens (including phenoxy) is 1. The summed E-state index contributed by atoms with van der Waals surface area (Å²) in [6.45, 7) is -0.604. The second kappa shape index (κ2) is 8.59. The molecule has 1 heterocycles. The molecular formula is C18H12ClN3O5S. The Morgan fingerprint density at radius 3 is 2.82 bits per heavy atom. The monoisotopic (exact) mass is 417 g/mol. The molecule has 3 rings (SSSR count). The number of carbonyl (C=O) groups is 2. The fourth-order valence-electron chi connectivity index (χ4n) is 2.24. The molecule has 10 heteroatoms. The molecule has 0 radical (unpaired) electrons. The van der Waals surface area contributed by atoms with Crippen LogP contribution in [-0.2, 0) is 14.3 Å². The van der Waals surface area contributed by atoms with E-state index in [1.165, 1.54) is 35.6 Å². The van der Waals surface area contributed by atoms with E-state index in [9.17, 15) is 19.7 Å². The van der Waals surface area contributed by atoms with E-state index in [0.29, 0.717) is 5.01 Å². The van der Waals surface area contributed by atoms with E-state index in [1.807, 2.05) is 24.3 Å². The Morgan fingerprint density at radius 1 is 1.29 bits per heavy atom. The summed E-state index contributed by atoms with van der Waals surface area (Å²) in [4.78, 5) is 38.3. The predicted molar refractivity (Wildman–Crippen MR) is 106 cm³/mol. The maximum atomic E-state index is 11.9. The summed E-state index contributed by atoms with van der Waals surface area (Å²) >= 11 is 7.20. The molecule has 0 saturated heterocycles. The van der Waals surface area contributed by atoms with Gasteiger partial charge in [-0.3, -0.25) is 14.9 Å². The third-order valence-corrected chi connectivity index (χ3v) is 4.68. The highest BCUT2D eigenvalue weighted by Gasteiger charge is 2.16. The minimum absolute atomic E-state index is 0.0800. The number of rotatable bonds is 6. The molecular weight excluding hydrogens is 406 g/mol. The quantitative estimate of drug-likeness (QED) is 0.280. The number of para-hydroxylation sites is 1. The molecule has 0 fully saturated rings. The number of fused-ring (bicyclic) bond motifs is 1. The number of nitro groups is 1. The number of halogens is 1. The Hall–Kier alpha value is -3.30. The number of aromatic nitrogens is 1. The summed E-state index contributed by atoms with van der Waals surface area (Å²) in [5.74, 6) is -1.47. The molecule has 0 atom stereocenters. The molecule has 8 nitrogen and oxygen atoms in total. The Bertz CT molecular complexity index is 1060. The number of amides is 1. The summed E-state index contributed by atoms with van der Waals surface area (Å²) in [5, 5.41) is 14.1. The first-order chi connectivity index (χ1) is 13.4. The fraction of sp³-hybridized carbons (Fsp3) is 0.0556. The summed E-state index contributed by atoms with van der Waals surface area (Å²) in [7, 11) is 0. The van der Waals surface area contributed by atoms with Crippen molar-refractivity contribution in [3.05, 3.63) is 68.7 Å². The van der Waals surface area contributed by atoms with Gasteiger partial charge in [-0.05, 0) is 30.3 Å². The van der Waals surface area contributed by atoms with Gasteiger partial charge < -0.3 is 10.1 Å². The second-order valence-electron chi connectivity index (χ2n) is 5.43. The molecule has 1 N–H and O–H groups in total. The van der Waals surface area contributed by atoms with Gasteiger partial charge in [0.1, 0.15) is 10.7 Å². The Morgan fingerprint density at radius 2 is 2.07 bits per heavy atom. The van der Waals surface area contributed by atoms with Crippen molar-refractivity contribution in [3.8, 4) is 0 Å². The number of benzene rings is 2. The van der Waals surface area contributed by atoms with Crippen LogP contribution in [0.15, 0.2) is 48.5 Å². The van der Waals surface area contributed by atoms with Gasteiger partial charge >= 0.3 is 5.97 Å². The summed E-state index contributed by atoms with van der Waals surface area (Å²) in [5.41, 5.74) is 0.423. The van der Waals surface area contributed by atoms with Crippen LogP contribution in [0.2, 0.25) is 5.02 Å². The first-order valence-electron chi connectivity index (χ1n) is 7.86. The molecule has 0 aliphatic carbocycles. The van der Waals surface area contributed by atoms with Crippen LogP contribution in [0.4, 0.5) is 11.4 Å². The van der Waals surface area contributed by atoms with E-state index in [0.717, 1.165) is 16.3 Å². The van der Waals surface area contributed by atoms with Crippen molar-refractivity contribution in [2.45, 2.75) is 0 Å². The van der Waals surface area contributed by atoms with Crippen LogP contribution in [0.1, 0.15) is 5.01 Å². The normalized spacial score (nSPS) is 10.9. The van der Waals surface area contributed by atoms with Crippen molar-refractivity contribution in [2.75, 3.05) is 11.9 Å². The van der Waals surface area contributed by atoms with Crippen molar-refractivity contribution in [3.63, 3.8) is 0 Å². The Kier molecular flexibility index (Phi) is 5.97. The maximum Gasteiger partial charge on any atom is 0.331 e. The number of nitrogens with zero attached hydrogens (tertiary/aromatic N) is 2. The van der Waals surface area contributed by atoms with Gasteiger partial charge in [-0.2, -0.15) is 0 Å². The van der Waals surface area contributed by atoms with Gasteiger partial charge in [0.2, 0.25) is 0 Å². The first-order valence-corrected chi connectivity index (χ1v) is 9.06. The van der Waals surface area contributed by atoms with Gasteiger partial charge in [0.15, 0.2) is 6.61 Å². The molecule has 0 aliphatic rings. The SMILES string of the molecule is O=C(COC(=O)/C=C/c1nc2ccccc2s1)Nc1cc(Cl)ccc1[N+](=O)[O-].